The Hall–Kier alpha value is -2.10. The van der Waals surface area contributed by atoms with E-state index in [9.17, 15) is 10.2 Å². The van der Waals surface area contributed by atoms with Gasteiger partial charge in [-0.2, -0.15) is 0 Å². The van der Waals surface area contributed by atoms with E-state index in [2.05, 4.69) is 0 Å². The number of ether oxygens (including phenoxy) is 1. The van der Waals surface area contributed by atoms with E-state index in [1.54, 1.807) is 12.1 Å². The molecular formula is C17H12Cl2O3. The minimum absolute atomic E-state index is 0.0141. The molecule has 0 aliphatic heterocycles. The highest BCUT2D eigenvalue weighted by Crippen LogP contribution is 2.50. The summed E-state index contributed by atoms with van der Waals surface area (Å²) in [5.74, 6) is 0.145. The number of methoxy groups -OCH3 is 1. The van der Waals surface area contributed by atoms with Crippen molar-refractivity contribution in [2.24, 2.45) is 0 Å². The molecule has 3 rings (SSSR count). The molecule has 3 nitrogen and oxygen atoms in total. The maximum atomic E-state index is 10.3. The van der Waals surface area contributed by atoms with E-state index in [0.717, 1.165) is 10.8 Å². The molecular weight excluding hydrogens is 323 g/mol. The smallest absolute Gasteiger partial charge is 0.156 e. The molecule has 3 aromatic carbocycles. The molecule has 0 aromatic heterocycles. The van der Waals surface area contributed by atoms with Gasteiger partial charge < -0.3 is 14.9 Å². The van der Waals surface area contributed by atoms with Crippen LogP contribution >= 0.6 is 23.2 Å². The van der Waals surface area contributed by atoms with Gasteiger partial charge >= 0.3 is 0 Å². The number of phenolic OH excluding ortho intramolecular Hbond substituents is 2. The molecule has 0 unspecified atom stereocenters. The standard InChI is InChI=1S/C17H12Cl2O3/c1-22-17-11(18)8-13(21)15(16(17)19)14-10-5-3-2-4-9(10)6-7-12(14)20/h2-8,20-21H,1H3. The molecule has 0 amide bonds. The highest BCUT2D eigenvalue weighted by molar-refractivity contribution is 6.40. The minimum atomic E-state index is -0.123. The van der Waals surface area contributed by atoms with E-state index in [0.29, 0.717) is 5.56 Å². The van der Waals surface area contributed by atoms with Gasteiger partial charge in [-0.05, 0) is 16.8 Å². The Balaban J connectivity index is 2.45. The molecule has 0 heterocycles. The SMILES string of the molecule is COc1c(Cl)cc(O)c(-c2c(O)ccc3ccccc23)c1Cl. The Morgan fingerprint density at radius 1 is 0.909 bits per heavy atom. The van der Waals surface area contributed by atoms with Crippen molar-refractivity contribution < 1.29 is 14.9 Å². The number of phenols is 2. The number of hydrogen-bond donors (Lipinski definition) is 2. The Labute approximate surface area is 137 Å². The van der Waals surface area contributed by atoms with Crippen molar-refractivity contribution in [1.82, 2.24) is 0 Å². The molecule has 5 heteroatoms. The Kier molecular flexibility index (Phi) is 3.77. The van der Waals surface area contributed by atoms with Crippen LogP contribution in [0.1, 0.15) is 0 Å². The Bertz CT molecular complexity index is 875. The Morgan fingerprint density at radius 2 is 1.64 bits per heavy atom. The number of halogens is 2. The average Bonchev–Trinajstić information content (AvgIpc) is 2.49. The van der Waals surface area contributed by atoms with E-state index in [4.69, 9.17) is 27.9 Å². The van der Waals surface area contributed by atoms with Crippen LogP contribution in [0.5, 0.6) is 17.2 Å². The lowest BCUT2D eigenvalue weighted by Crippen LogP contribution is -1.91. The number of aromatic hydroxyl groups is 2. The summed E-state index contributed by atoms with van der Waals surface area (Å²) in [5.41, 5.74) is 0.729. The fourth-order valence-electron chi connectivity index (χ4n) is 2.54. The van der Waals surface area contributed by atoms with Crippen molar-refractivity contribution in [2.45, 2.75) is 0 Å². The maximum Gasteiger partial charge on any atom is 0.156 e. The summed E-state index contributed by atoms with van der Waals surface area (Å²) >= 11 is 12.4. The third-order valence-electron chi connectivity index (χ3n) is 3.52. The van der Waals surface area contributed by atoms with Gasteiger partial charge in [0.15, 0.2) is 5.75 Å². The van der Waals surface area contributed by atoms with E-state index in [-0.39, 0.29) is 32.9 Å². The van der Waals surface area contributed by atoms with Crippen LogP contribution < -0.4 is 4.74 Å². The molecule has 112 valence electrons. The van der Waals surface area contributed by atoms with Gasteiger partial charge in [0.25, 0.3) is 0 Å². The average molecular weight is 335 g/mol. The monoisotopic (exact) mass is 334 g/mol. The molecule has 0 spiro atoms. The van der Waals surface area contributed by atoms with Crippen LogP contribution in [-0.2, 0) is 0 Å². The zero-order valence-electron chi connectivity index (χ0n) is 11.6. The highest BCUT2D eigenvalue weighted by atomic mass is 35.5. The van der Waals surface area contributed by atoms with Gasteiger partial charge in [-0.1, -0.05) is 53.5 Å². The van der Waals surface area contributed by atoms with Crippen LogP contribution in [0.4, 0.5) is 0 Å². The number of rotatable bonds is 2. The third-order valence-corrected chi connectivity index (χ3v) is 4.16. The number of hydrogen-bond acceptors (Lipinski definition) is 3. The van der Waals surface area contributed by atoms with Gasteiger partial charge in [-0.3, -0.25) is 0 Å². The van der Waals surface area contributed by atoms with Crippen molar-refractivity contribution in [1.29, 1.82) is 0 Å². The lowest BCUT2D eigenvalue weighted by atomic mass is 9.96. The van der Waals surface area contributed by atoms with E-state index < -0.39 is 0 Å². The fraction of sp³-hybridized carbons (Fsp3) is 0.0588. The molecule has 0 atom stereocenters. The first-order valence-corrected chi connectivity index (χ1v) is 7.26. The summed E-state index contributed by atoms with van der Waals surface area (Å²) in [7, 11) is 1.44. The largest absolute Gasteiger partial charge is 0.507 e. The normalized spacial score (nSPS) is 10.9. The first-order valence-electron chi connectivity index (χ1n) is 6.50. The quantitative estimate of drug-likeness (QED) is 0.674. The topological polar surface area (TPSA) is 49.7 Å². The summed E-state index contributed by atoms with van der Waals surface area (Å²) in [6, 6.07) is 12.2. The second-order valence-electron chi connectivity index (χ2n) is 4.78. The van der Waals surface area contributed by atoms with Crippen molar-refractivity contribution in [3.63, 3.8) is 0 Å². The first-order chi connectivity index (χ1) is 10.5. The van der Waals surface area contributed by atoms with Crippen LogP contribution in [0.3, 0.4) is 0 Å². The molecule has 0 aliphatic rings. The van der Waals surface area contributed by atoms with Crippen LogP contribution in [0.15, 0.2) is 42.5 Å². The molecule has 0 bridgehead atoms. The van der Waals surface area contributed by atoms with Gasteiger partial charge in [-0.15, -0.1) is 0 Å². The van der Waals surface area contributed by atoms with Crippen molar-refractivity contribution in [2.75, 3.05) is 7.11 Å². The zero-order chi connectivity index (χ0) is 15.9. The van der Waals surface area contributed by atoms with Gasteiger partial charge in [0, 0.05) is 11.6 Å². The first kappa shape index (κ1) is 14.8. The zero-order valence-corrected chi connectivity index (χ0v) is 13.1. The van der Waals surface area contributed by atoms with Crippen molar-refractivity contribution in [3.8, 4) is 28.4 Å². The molecule has 3 aromatic rings. The second-order valence-corrected chi connectivity index (χ2v) is 5.57. The molecule has 0 fully saturated rings. The minimum Gasteiger partial charge on any atom is -0.507 e. The third kappa shape index (κ3) is 2.23. The molecule has 0 saturated carbocycles. The van der Waals surface area contributed by atoms with Crippen LogP contribution in [-0.4, -0.2) is 17.3 Å². The van der Waals surface area contributed by atoms with Gasteiger partial charge in [0.1, 0.15) is 11.5 Å². The van der Waals surface area contributed by atoms with E-state index >= 15 is 0 Å². The summed E-state index contributed by atoms with van der Waals surface area (Å²) < 4.78 is 5.19. The summed E-state index contributed by atoms with van der Waals surface area (Å²) in [4.78, 5) is 0. The second kappa shape index (κ2) is 5.59. The Morgan fingerprint density at radius 3 is 2.36 bits per heavy atom. The molecule has 0 saturated heterocycles. The summed E-state index contributed by atoms with van der Waals surface area (Å²) in [5, 5.41) is 22.6. The predicted molar refractivity (Wildman–Crippen MR) is 89.3 cm³/mol. The lowest BCUT2D eigenvalue weighted by molar-refractivity contribution is 0.413. The van der Waals surface area contributed by atoms with Crippen LogP contribution in [0.2, 0.25) is 10.0 Å². The van der Waals surface area contributed by atoms with Crippen molar-refractivity contribution >= 4 is 34.0 Å². The van der Waals surface area contributed by atoms with Gasteiger partial charge in [0.05, 0.1) is 22.7 Å². The number of benzene rings is 3. The highest BCUT2D eigenvalue weighted by Gasteiger charge is 2.21. The lowest BCUT2D eigenvalue weighted by Gasteiger charge is -2.15. The summed E-state index contributed by atoms with van der Waals surface area (Å²) in [6.07, 6.45) is 0. The van der Waals surface area contributed by atoms with Gasteiger partial charge in [-0.25, -0.2) is 0 Å². The van der Waals surface area contributed by atoms with Crippen LogP contribution in [0.25, 0.3) is 21.9 Å². The number of fused-ring (bicyclic) bond motifs is 1. The molecule has 0 aliphatic carbocycles. The summed E-state index contributed by atoms with van der Waals surface area (Å²) in [6.45, 7) is 0. The predicted octanol–water partition coefficient (Wildman–Crippen LogP) is 5.23. The van der Waals surface area contributed by atoms with Crippen LogP contribution in [0, 0.1) is 0 Å². The maximum absolute atomic E-state index is 10.3. The van der Waals surface area contributed by atoms with Gasteiger partial charge in [0.2, 0.25) is 0 Å². The molecule has 22 heavy (non-hydrogen) atoms. The van der Waals surface area contributed by atoms with Crippen molar-refractivity contribution in [3.05, 3.63) is 52.5 Å². The fourth-order valence-corrected chi connectivity index (χ4v) is 3.23. The molecule has 2 N–H and O–H groups in total. The van der Waals surface area contributed by atoms with E-state index in [1.165, 1.54) is 13.2 Å². The van der Waals surface area contributed by atoms with E-state index in [1.807, 2.05) is 24.3 Å². The molecule has 0 radical (unpaired) electrons.